The van der Waals surface area contributed by atoms with Crippen LogP contribution in [0, 0.1) is 0 Å². The molecule has 8 heteroatoms. The van der Waals surface area contributed by atoms with E-state index in [0.29, 0.717) is 24.1 Å². The average molecular weight is 461 g/mol. The summed E-state index contributed by atoms with van der Waals surface area (Å²) in [6, 6.07) is 11.3. The van der Waals surface area contributed by atoms with Gasteiger partial charge >= 0.3 is 0 Å². The van der Waals surface area contributed by atoms with Gasteiger partial charge in [0.05, 0.1) is 30.2 Å². The van der Waals surface area contributed by atoms with Crippen molar-refractivity contribution in [3.8, 4) is 11.3 Å². The van der Waals surface area contributed by atoms with Crippen molar-refractivity contribution in [1.82, 2.24) is 15.0 Å². The second kappa shape index (κ2) is 9.21. The van der Waals surface area contributed by atoms with E-state index in [1.807, 2.05) is 36.4 Å². The summed E-state index contributed by atoms with van der Waals surface area (Å²) in [7, 11) is 0. The van der Waals surface area contributed by atoms with Gasteiger partial charge in [-0.2, -0.15) is 0 Å². The molecular weight excluding hydrogens is 432 g/mol. The molecule has 3 heterocycles. The molecule has 34 heavy (non-hydrogen) atoms. The first-order valence-corrected chi connectivity index (χ1v) is 11.7. The minimum absolute atomic E-state index is 0.0190. The zero-order valence-electron chi connectivity index (χ0n) is 18.8. The van der Waals surface area contributed by atoms with Crippen molar-refractivity contribution in [2.24, 2.45) is 0 Å². The number of hydrogen-bond acceptors (Lipinski definition) is 8. The summed E-state index contributed by atoms with van der Waals surface area (Å²) in [5.41, 5.74) is 7.79. The number of anilines is 1. The second-order valence-electron chi connectivity index (χ2n) is 9.13. The van der Waals surface area contributed by atoms with Gasteiger partial charge in [-0.15, -0.1) is 0 Å². The summed E-state index contributed by atoms with van der Waals surface area (Å²) in [4.78, 5) is 26.1. The summed E-state index contributed by atoms with van der Waals surface area (Å²) in [6.07, 6.45) is 6.39. The molecule has 4 N–H and O–H groups in total. The lowest BCUT2D eigenvalue weighted by Crippen LogP contribution is -2.58. The summed E-state index contributed by atoms with van der Waals surface area (Å²) in [5, 5.41) is 21.7. The maximum absolute atomic E-state index is 13.3. The number of aromatic nitrogens is 3. The molecule has 0 spiro atoms. The predicted molar refractivity (Wildman–Crippen MR) is 126 cm³/mol. The van der Waals surface area contributed by atoms with Crippen LogP contribution in [0.1, 0.15) is 59.8 Å². The molecular formula is C26H28N4O4. The lowest BCUT2D eigenvalue weighted by Gasteiger charge is -2.49. The predicted octanol–water partition coefficient (Wildman–Crippen LogP) is 3.04. The number of rotatable bonds is 5. The van der Waals surface area contributed by atoms with Gasteiger partial charge in [-0.3, -0.25) is 9.78 Å². The lowest BCUT2D eigenvalue weighted by molar-refractivity contribution is -0.242. The smallest absolute Gasteiger partial charge is 0.189 e. The van der Waals surface area contributed by atoms with Gasteiger partial charge in [0.15, 0.2) is 11.6 Å². The number of aliphatic hydroxyl groups is 2. The zero-order chi connectivity index (χ0) is 23.7. The average Bonchev–Trinajstić information content (AvgIpc) is 2.85. The number of fused-ring (bicyclic) bond motifs is 1. The van der Waals surface area contributed by atoms with E-state index in [2.05, 4.69) is 15.0 Å². The fraction of sp³-hybridized carbons (Fsp3) is 0.385. The third kappa shape index (κ3) is 4.20. The molecule has 2 aromatic heterocycles. The maximum atomic E-state index is 13.3. The quantitative estimate of drug-likeness (QED) is 0.495. The molecule has 1 aliphatic carbocycles. The summed E-state index contributed by atoms with van der Waals surface area (Å²) >= 11 is 0. The van der Waals surface area contributed by atoms with Crippen molar-refractivity contribution in [3.05, 3.63) is 71.8 Å². The Bertz CT molecular complexity index is 1190. The van der Waals surface area contributed by atoms with E-state index >= 15 is 0 Å². The highest BCUT2D eigenvalue weighted by molar-refractivity contribution is 5.99. The maximum Gasteiger partial charge on any atom is 0.189 e. The van der Waals surface area contributed by atoms with Crippen LogP contribution < -0.4 is 5.73 Å². The zero-order valence-corrected chi connectivity index (χ0v) is 18.8. The second-order valence-corrected chi connectivity index (χ2v) is 9.13. The van der Waals surface area contributed by atoms with Gasteiger partial charge in [-0.05, 0) is 30.0 Å². The van der Waals surface area contributed by atoms with Crippen LogP contribution in [-0.4, -0.2) is 48.8 Å². The number of aliphatic hydroxyl groups excluding tert-OH is 1. The molecule has 176 valence electrons. The SMILES string of the molecule is Nc1ncc(-c2ccccc2)nc1C(=O)Cc1cnccc1[C@@H]1C[C@H](O)[C@]2(O)CCCC[C@@H]2O1. The van der Waals surface area contributed by atoms with Crippen LogP contribution in [0.25, 0.3) is 11.3 Å². The Hall–Kier alpha value is -3.20. The van der Waals surface area contributed by atoms with Crippen LogP contribution in [0.2, 0.25) is 0 Å². The number of ether oxygens (including phenoxy) is 1. The molecule has 1 aliphatic heterocycles. The molecule has 0 radical (unpaired) electrons. The number of carbonyl (C=O) groups excluding carboxylic acids is 1. The Morgan fingerprint density at radius 2 is 2.00 bits per heavy atom. The molecule has 1 aromatic carbocycles. The first-order valence-electron chi connectivity index (χ1n) is 11.7. The minimum Gasteiger partial charge on any atom is -0.390 e. The standard InChI is InChI=1S/C26H28N4O4/c27-25-24(30-19(15-29-25)16-6-2-1-3-7-16)20(31)12-17-14-28-11-9-18(17)21-13-22(32)26(33)10-5-4-8-23(26)34-21/h1-3,6-7,9,11,14-15,21-23,32-33H,4-5,8,10,12-13H2,(H2,27,29)/t21-,22-,23-,26+/m0/s1. The van der Waals surface area contributed by atoms with E-state index < -0.39 is 23.9 Å². The van der Waals surface area contributed by atoms with Crippen LogP contribution in [0.5, 0.6) is 0 Å². The molecule has 1 saturated carbocycles. The first-order chi connectivity index (χ1) is 16.5. The Labute approximate surface area is 197 Å². The third-order valence-electron chi connectivity index (χ3n) is 6.97. The van der Waals surface area contributed by atoms with Gasteiger partial charge in [0.2, 0.25) is 0 Å². The van der Waals surface area contributed by atoms with Crippen molar-refractivity contribution < 1.29 is 19.7 Å². The van der Waals surface area contributed by atoms with E-state index in [1.54, 1.807) is 18.6 Å². The molecule has 1 saturated heterocycles. The largest absolute Gasteiger partial charge is 0.390 e. The molecule has 0 unspecified atom stereocenters. The third-order valence-corrected chi connectivity index (χ3v) is 6.97. The summed E-state index contributed by atoms with van der Waals surface area (Å²) in [5.74, 6) is -0.200. The summed E-state index contributed by atoms with van der Waals surface area (Å²) in [6.45, 7) is 0. The minimum atomic E-state index is -1.21. The number of ketones is 1. The highest BCUT2D eigenvalue weighted by Gasteiger charge is 2.51. The number of pyridine rings is 1. The van der Waals surface area contributed by atoms with Crippen LogP contribution in [0.15, 0.2) is 55.0 Å². The number of nitrogens with two attached hydrogens (primary N) is 1. The number of nitrogen functional groups attached to an aromatic ring is 1. The fourth-order valence-corrected chi connectivity index (χ4v) is 5.08. The van der Waals surface area contributed by atoms with E-state index in [9.17, 15) is 15.0 Å². The number of hydrogen-bond donors (Lipinski definition) is 3. The van der Waals surface area contributed by atoms with Crippen molar-refractivity contribution >= 4 is 11.6 Å². The van der Waals surface area contributed by atoms with Crippen LogP contribution in [0.4, 0.5) is 5.82 Å². The highest BCUT2D eigenvalue weighted by Crippen LogP contribution is 2.44. The van der Waals surface area contributed by atoms with Crippen LogP contribution in [-0.2, 0) is 11.2 Å². The van der Waals surface area contributed by atoms with Gasteiger partial charge in [-0.25, -0.2) is 9.97 Å². The fourth-order valence-electron chi connectivity index (χ4n) is 5.08. The number of carbonyl (C=O) groups is 1. The Morgan fingerprint density at radius 3 is 2.82 bits per heavy atom. The van der Waals surface area contributed by atoms with Gasteiger partial charge in [-0.1, -0.05) is 43.2 Å². The topological polar surface area (TPSA) is 131 Å². The molecule has 8 nitrogen and oxygen atoms in total. The number of nitrogens with zero attached hydrogens (tertiary/aromatic N) is 3. The van der Waals surface area contributed by atoms with Crippen LogP contribution in [0.3, 0.4) is 0 Å². The molecule has 3 aromatic rings. The van der Waals surface area contributed by atoms with Crippen molar-refractivity contribution in [3.63, 3.8) is 0 Å². The van der Waals surface area contributed by atoms with Crippen molar-refractivity contribution in [1.29, 1.82) is 0 Å². The number of benzene rings is 1. The molecule has 4 atom stereocenters. The van der Waals surface area contributed by atoms with E-state index in [0.717, 1.165) is 24.0 Å². The van der Waals surface area contributed by atoms with Gasteiger partial charge in [0.25, 0.3) is 0 Å². The van der Waals surface area contributed by atoms with Crippen LogP contribution >= 0.6 is 0 Å². The molecule has 2 aliphatic rings. The monoisotopic (exact) mass is 460 g/mol. The van der Waals surface area contributed by atoms with Crippen molar-refractivity contribution in [2.75, 3.05) is 5.73 Å². The van der Waals surface area contributed by atoms with Gasteiger partial charge < -0.3 is 20.7 Å². The van der Waals surface area contributed by atoms with Gasteiger partial charge in [0, 0.05) is 30.8 Å². The van der Waals surface area contributed by atoms with E-state index in [1.165, 1.54) is 0 Å². The Balaban J connectivity index is 1.40. The molecule has 0 amide bonds. The Morgan fingerprint density at radius 1 is 1.18 bits per heavy atom. The number of Topliss-reactive ketones (excluding diaryl/α,β-unsaturated/α-hetero) is 1. The Kier molecular flexibility index (Phi) is 6.12. The first kappa shape index (κ1) is 22.6. The molecule has 0 bridgehead atoms. The normalized spacial score (nSPS) is 26.6. The molecule has 2 fully saturated rings. The highest BCUT2D eigenvalue weighted by atomic mass is 16.5. The van der Waals surface area contributed by atoms with E-state index in [4.69, 9.17) is 10.5 Å². The van der Waals surface area contributed by atoms with Crippen molar-refractivity contribution in [2.45, 2.75) is 62.4 Å². The molecule has 5 rings (SSSR count). The van der Waals surface area contributed by atoms with E-state index in [-0.39, 0.29) is 30.1 Å². The lowest BCUT2D eigenvalue weighted by atomic mass is 9.74. The summed E-state index contributed by atoms with van der Waals surface area (Å²) < 4.78 is 6.28. The van der Waals surface area contributed by atoms with Gasteiger partial charge in [0.1, 0.15) is 11.3 Å².